The molecular weight excluding hydrogens is 404 g/mol. The highest BCUT2D eigenvalue weighted by Gasteiger charge is 2.21. The van der Waals surface area contributed by atoms with Crippen LogP contribution in [0.15, 0.2) is 33.6 Å². The summed E-state index contributed by atoms with van der Waals surface area (Å²) in [6.07, 6.45) is 0.542. The van der Waals surface area contributed by atoms with Crippen molar-refractivity contribution in [1.29, 1.82) is 0 Å². The maximum absolute atomic E-state index is 12.5. The van der Waals surface area contributed by atoms with E-state index in [4.69, 9.17) is 23.5 Å². The quantitative estimate of drug-likeness (QED) is 0.579. The monoisotopic (exact) mass is 426 g/mol. The number of hydrogen-bond donors (Lipinski definition) is 0. The van der Waals surface area contributed by atoms with Gasteiger partial charge in [0.05, 0.1) is 25.5 Å². The van der Waals surface area contributed by atoms with Gasteiger partial charge >= 0.3 is 5.69 Å². The van der Waals surface area contributed by atoms with Crippen LogP contribution in [-0.2, 0) is 29.0 Å². The molecule has 1 saturated heterocycles. The molecule has 5 rings (SSSR count). The third-order valence-corrected chi connectivity index (χ3v) is 5.18. The van der Waals surface area contributed by atoms with Gasteiger partial charge in [0.1, 0.15) is 18.5 Å². The first kappa shape index (κ1) is 19.7. The zero-order chi connectivity index (χ0) is 21.2. The van der Waals surface area contributed by atoms with Gasteiger partial charge < -0.3 is 23.5 Å². The first-order chi connectivity index (χ1) is 15.2. The number of ether oxygens (including phenoxy) is 4. The summed E-state index contributed by atoms with van der Waals surface area (Å²) >= 11 is 0. The molecule has 0 radical (unpaired) electrons. The summed E-state index contributed by atoms with van der Waals surface area (Å²) in [5.74, 6) is 1.98. The molecule has 31 heavy (non-hydrogen) atoms. The molecule has 4 heterocycles. The first-order valence-electron chi connectivity index (χ1n) is 10.1. The van der Waals surface area contributed by atoms with Gasteiger partial charge in [0.2, 0.25) is 17.6 Å². The lowest BCUT2D eigenvalue weighted by Gasteiger charge is -2.24. The molecule has 2 aliphatic heterocycles. The van der Waals surface area contributed by atoms with Crippen LogP contribution in [0, 0.1) is 6.92 Å². The van der Waals surface area contributed by atoms with E-state index >= 15 is 0 Å². The largest absolute Gasteiger partial charge is 0.485 e. The van der Waals surface area contributed by atoms with Gasteiger partial charge in [-0.15, -0.1) is 0 Å². The smallest absolute Gasteiger partial charge is 0.351 e. The van der Waals surface area contributed by atoms with Crippen LogP contribution in [0.2, 0.25) is 0 Å². The summed E-state index contributed by atoms with van der Waals surface area (Å²) in [6.45, 7) is 4.38. The normalized spacial score (nSPS) is 17.6. The number of hydrogen-bond acceptors (Lipinski definition) is 9. The number of aromatic nitrogens is 4. The van der Waals surface area contributed by atoms with Gasteiger partial charge in [0.15, 0.2) is 6.61 Å². The summed E-state index contributed by atoms with van der Waals surface area (Å²) in [5, 5.41) is 3.83. The molecule has 1 atom stereocenters. The second-order valence-electron chi connectivity index (χ2n) is 7.38. The highest BCUT2D eigenvalue weighted by atomic mass is 16.6. The van der Waals surface area contributed by atoms with Crippen LogP contribution >= 0.6 is 0 Å². The second kappa shape index (κ2) is 8.48. The minimum atomic E-state index is -0.327. The average molecular weight is 426 g/mol. The second-order valence-corrected chi connectivity index (χ2v) is 7.38. The number of aryl methyl sites for hydroxylation is 2. The molecular formula is C21H22N4O6. The Morgan fingerprint density at radius 1 is 1.19 bits per heavy atom. The van der Waals surface area contributed by atoms with Crippen LogP contribution in [0.25, 0.3) is 11.3 Å². The van der Waals surface area contributed by atoms with E-state index in [1.54, 1.807) is 17.6 Å². The maximum atomic E-state index is 12.5. The fourth-order valence-corrected chi connectivity index (χ4v) is 3.71. The molecule has 162 valence electrons. The summed E-state index contributed by atoms with van der Waals surface area (Å²) in [4.78, 5) is 20.7. The summed E-state index contributed by atoms with van der Waals surface area (Å²) in [6, 6.07) is 7.58. The third-order valence-electron chi connectivity index (χ3n) is 5.18. The van der Waals surface area contributed by atoms with Crippen molar-refractivity contribution in [3.05, 3.63) is 52.0 Å². The number of benzene rings is 1. The predicted octanol–water partition coefficient (Wildman–Crippen LogP) is 1.53. The summed E-state index contributed by atoms with van der Waals surface area (Å²) < 4.78 is 29.1. The maximum Gasteiger partial charge on any atom is 0.351 e. The van der Waals surface area contributed by atoms with Crippen LogP contribution in [0.3, 0.4) is 0 Å². The lowest BCUT2D eigenvalue weighted by atomic mass is 9.97. The van der Waals surface area contributed by atoms with Crippen LogP contribution in [0.1, 0.15) is 17.3 Å². The van der Waals surface area contributed by atoms with E-state index in [2.05, 4.69) is 15.1 Å². The zero-order valence-electron chi connectivity index (χ0n) is 17.1. The van der Waals surface area contributed by atoms with Gasteiger partial charge in [-0.3, -0.25) is 4.57 Å². The Bertz CT molecular complexity index is 1140. The molecule has 3 aromatic rings. The van der Waals surface area contributed by atoms with E-state index < -0.39 is 0 Å². The van der Waals surface area contributed by atoms with Crippen LogP contribution in [0.4, 0.5) is 0 Å². The minimum Gasteiger partial charge on any atom is -0.485 e. The molecule has 0 bridgehead atoms. The zero-order valence-corrected chi connectivity index (χ0v) is 17.1. The predicted molar refractivity (Wildman–Crippen MR) is 107 cm³/mol. The molecule has 0 spiro atoms. The van der Waals surface area contributed by atoms with Crippen molar-refractivity contribution in [2.24, 2.45) is 0 Å². The van der Waals surface area contributed by atoms with Crippen molar-refractivity contribution in [3.63, 3.8) is 0 Å². The van der Waals surface area contributed by atoms with Crippen molar-refractivity contribution < 1.29 is 23.5 Å². The van der Waals surface area contributed by atoms with E-state index in [0.29, 0.717) is 50.3 Å². The Kier molecular flexibility index (Phi) is 5.39. The summed E-state index contributed by atoms with van der Waals surface area (Å²) in [7, 11) is 0. The van der Waals surface area contributed by atoms with Crippen molar-refractivity contribution in [1.82, 2.24) is 19.7 Å². The van der Waals surface area contributed by atoms with Gasteiger partial charge in [-0.25, -0.2) is 4.79 Å². The SMILES string of the molecule is Cc1nc(COc2ccc3c(c2)CCn2c-3cc(OCC3COCCO3)nc2=O)no1. The lowest BCUT2D eigenvalue weighted by Crippen LogP contribution is -2.34. The van der Waals surface area contributed by atoms with Gasteiger partial charge in [0.25, 0.3) is 0 Å². The van der Waals surface area contributed by atoms with Crippen molar-refractivity contribution in [2.45, 2.75) is 32.6 Å². The molecule has 10 heteroatoms. The fraction of sp³-hybridized carbons (Fsp3) is 0.429. The Balaban J connectivity index is 1.34. The molecule has 0 aliphatic carbocycles. The highest BCUT2D eigenvalue weighted by molar-refractivity contribution is 5.67. The first-order valence-corrected chi connectivity index (χ1v) is 10.1. The fourth-order valence-electron chi connectivity index (χ4n) is 3.71. The average Bonchev–Trinajstić information content (AvgIpc) is 3.22. The van der Waals surface area contributed by atoms with E-state index in [-0.39, 0.29) is 30.9 Å². The molecule has 0 amide bonds. The number of fused-ring (bicyclic) bond motifs is 3. The number of rotatable bonds is 6. The van der Waals surface area contributed by atoms with E-state index in [9.17, 15) is 4.79 Å². The van der Waals surface area contributed by atoms with Gasteiger partial charge in [-0.2, -0.15) is 9.97 Å². The molecule has 2 aromatic heterocycles. The number of nitrogens with zero attached hydrogens (tertiary/aromatic N) is 4. The summed E-state index contributed by atoms with van der Waals surface area (Å²) in [5.41, 5.74) is 2.49. The van der Waals surface area contributed by atoms with Crippen LogP contribution in [0.5, 0.6) is 11.6 Å². The lowest BCUT2D eigenvalue weighted by molar-refractivity contribution is -0.102. The van der Waals surface area contributed by atoms with Gasteiger partial charge in [-0.1, -0.05) is 5.16 Å². The standard InChI is InChI=1S/C21H22N4O6/c1-13-22-19(24-31-13)12-29-15-2-3-17-14(8-15)4-5-25-18(17)9-20(23-21(25)26)30-11-16-10-27-6-7-28-16/h2-3,8-9,16H,4-7,10-12H2,1H3. The Labute approximate surface area is 177 Å². The molecule has 0 N–H and O–H groups in total. The topological polar surface area (TPSA) is 111 Å². The van der Waals surface area contributed by atoms with Crippen LogP contribution < -0.4 is 15.2 Å². The molecule has 10 nitrogen and oxygen atoms in total. The molecule has 1 unspecified atom stereocenters. The van der Waals surface area contributed by atoms with E-state index in [1.807, 2.05) is 18.2 Å². The molecule has 1 aromatic carbocycles. The minimum absolute atomic E-state index is 0.163. The van der Waals surface area contributed by atoms with Crippen molar-refractivity contribution in [3.8, 4) is 22.9 Å². The molecule has 2 aliphatic rings. The van der Waals surface area contributed by atoms with E-state index in [0.717, 1.165) is 16.8 Å². The third kappa shape index (κ3) is 4.30. The van der Waals surface area contributed by atoms with Gasteiger partial charge in [-0.05, 0) is 30.2 Å². The molecule has 0 saturated carbocycles. The van der Waals surface area contributed by atoms with Gasteiger partial charge in [0, 0.05) is 25.1 Å². The molecule has 1 fully saturated rings. The Hall–Kier alpha value is -3.24. The van der Waals surface area contributed by atoms with Crippen molar-refractivity contribution >= 4 is 0 Å². The highest BCUT2D eigenvalue weighted by Crippen LogP contribution is 2.32. The Morgan fingerprint density at radius 2 is 2.13 bits per heavy atom. The Morgan fingerprint density at radius 3 is 2.94 bits per heavy atom. The van der Waals surface area contributed by atoms with E-state index in [1.165, 1.54) is 0 Å². The van der Waals surface area contributed by atoms with Crippen molar-refractivity contribution in [2.75, 3.05) is 26.4 Å². The van der Waals surface area contributed by atoms with Crippen LogP contribution in [-0.4, -0.2) is 52.2 Å².